The Kier molecular flexibility index (Phi) is 5.09. The Balaban J connectivity index is 1.05. The van der Waals surface area contributed by atoms with Crippen molar-refractivity contribution in [2.24, 2.45) is 0 Å². The summed E-state index contributed by atoms with van der Waals surface area (Å²) in [4.78, 5) is 29.1. The largest absolute Gasteiger partial charge is 0.522 e. The maximum Gasteiger partial charge on any atom is 0.522 e. The summed E-state index contributed by atoms with van der Waals surface area (Å²) >= 11 is 0. The molecule has 1 aromatic carbocycles. The standard InChI is InChI=1S/C22H21F4N3O4/c23-13-2-4-16-12(5-13)1-3-17(27-16)19(31)29-21-9-20(10-21,11-21)28-18(30)8-32-14-6-15(7-14)33-22(24,25)26/h1-5,14-15H,6-11H2,(H,28,30)(H,29,31). The molecular formula is C22H21F4N3O4. The van der Waals surface area contributed by atoms with Crippen LogP contribution in [-0.2, 0) is 14.3 Å². The normalized spacial score (nSPS) is 30.1. The topological polar surface area (TPSA) is 89.5 Å². The van der Waals surface area contributed by atoms with Crippen molar-refractivity contribution in [1.29, 1.82) is 0 Å². The van der Waals surface area contributed by atoms with Gasteiger partial charge in [0.05, 0.1) is 17.7 Å². The molecule has 2 aromatic rings. The minimum atomic E-state index is -4.66. The number of hydrogen-bond donors (Lipinski definition) is 2. The highest BCUT2D eigenvalue weighted by molar-refractivity contribution is 5.95. The molecule has 0 spiro atoms. The van der Waals surface area contributed by atoms with E-state index in [2.05, 4.69) is 20.4 Å². The Bertz CT molecular complexity index is 1100. The average Bonchev–Trinajstić information content (AvgIpc) is 2.65. The van der Waals surface area contributed by atoms with Crippen LogP contribution in [0.15, 0.2) is 30.3 Å². The number of amides is 2. The third kappa shape index (κ3) is 4.51. The third-order valence-corrected chi connectivity index (χ3v) is 6.50. The van der Waals surface area contributed by atoms with Crippen LogP contribution in [0.25, 0.3) is 10.9 Å². The van der Waals surface area contributed by atoms with Crippen molar-refractivity contribution in [3.63, 3.8) is 0 Å². The highest BCUT2D eigenvalue weighted by atomic mass is 19.4. The van der Waals surface area contributed by atoms with E-state index in [1.165, 1.54) is 18.2 Å². The fraction of sp³-hybridized carbons (Fsp3) is 0.500. The summed E-state index contributed by atoms with van der Waals surface area (Å²) in [5.41, 5.74) is -0.0172. The van der Waals surface area contributed by atoms with Gasteiger partial charge in [-0.05, 0) is 43.5 Å². The van der Waals surface area contributed by atoms with Crippen LogP contribution in [0.3, 0.4) is 0 Å². The van der Waals surface area contributed by atoms with Crippen molar-refractivity contribution in [3.05, 3.63) is 41.8 Å². The summed E-state index contributed by atoms with van der Waals surface area (Å²) in [5, 5.41) is 6.48. The summed E-state index contributed by atoms with van der Waals surface area (Å²) < 4.78 is 58.9. The molecule has 4 aliphatic carbocycles. The third-order valence-electron chi connectivity index (χ3n) is 6.50. The van der Waals surface area contributed by atoms with Gasteiger partial charge in [-0.2, -0.15) is 0 Å². The van der Waals surface area contributed by atoms with Crippen LogP contribution in [-0.4, -0.2) is 53.1 Å². The van der Waals surface area contributed by atoms with Gasteiger partial charge in [-0.25, -0.2) is 9.37 Å². The van der Waals surface area contributed by atoms with Crippen LogP contribution < -0.4 is 10.6 Å². The van der Waals surface area contributed by atoms with E-state index in [0.717, 1.165) is 0 Å². The molecule has 7 nitrogen and oxygen atoms in total. The first-order chi connectivity index (χ1) is 15.5. The van der Waals surface area contributed by atoms with Gasteiger partial charge in [0, 0.05) is 29.3 Å². The molecule has 4 saturated carbocycles. The maximum absolute atomic E-state index is 13.3. The van der Waals surface area contributed by atoms with Gasteiger partial charge in [0.2, 0.25) is 5.91 Å². The number of nitrogens with one attached hydrogen (secondary N) is 2. The molecule has 2 amide bonds. The molecule has 4 fully saturated rings. The first kappa shape index (κ1) is 22.0. The number of aromatic nitrogens is 1. The number of ether oxygens (including phenoxy) is 2. The monoisotopic (exact) mass is 467 g/mol. The Morgan fingerprint density at radius 1 is 1.03 bits per heavy atom. The van der Waals surface area contributed by atoms with Gasteiger partial charge in [0.25, 0.3) is 5.91 Å². The molecule has 1 heterocycles. The van der Waals surface area contributed by atoms with Gasteiger partial charge in [-0.1, -0.05) is 6.07 Å². The van der Waals surface area contributed by atoms with Crippen LogP contribution in [0.4, 0.5) is 17.6 Å². The Morgan fingerprint density at radius 3 is 2.42 bits per heavy atom. The Morgan fingerprint density at radius 2 is 1.73 bits per heavy atom. The fourth-order valence-corrected chi connectivity index (χ4v) is 5.04. The number of benzene rings is 1. The van der Waals surface area contributed by atoms with Crippen LogP contribution in [0.5, 0.6) is 0 Å². The van der Waals surface area contributed by atoms with Gasteiger partial charge in [0.1, 0.15) is 18.1 Å². The van der Waals surface area contributed by atoms with Crippen molar-refractivity contribution in [2.75, 3.05) is 6.61 Å². The van der Waals surface area contributed by atoms with E-state index < -0.39 is 18.6 Å². The predicted octanol–water partition coefficient (Wildman–Crippen LogP) is 2.98. The SMILES string of the molecule is O=C(COC1CC(OC(F)(F)F)C1)NC12CC(NC(=O)c3ccc4cc(F)ccc4n3)(C1)C2. The van der Waals surface area contributed by atoms with Crippen molar-refractivity contribution in [1.82, 2.24) is 15.6 Å². The molecule has 2 bridgehead atoms. The van der Waals surface area contributed by atoms with E-state index in [1.807, 2.05) is 0 Å². The van der Waals surface area contributed by atoms with Gasteiger partial charge in [-0.3, -0.25) is 14.3 Å². The molecule has 6 rings (SSSR count). The number of nitrogens with zero attached hydrogens (tertiary/aromatic N) is 1. The molecule has 2 N–H and O–H groups in total. The minimum Gasteiger partial charge on any atom is -0.368 e. The van der Waals surface area contributed by atoms with Crippen molar-refractivity contribution >= 4 is 22.7 Å². The van der Waals surface area contributed by atoms with E-state index in [1.54, 1.807) is 12.1 Å². The van der Waals surface area contributed by atoms with Gasteiger partial charge in [0.15, 0.2) is 0 Å². The highest BCUT2D eigenvalue weighted by Gasteiger charge is 2.69. The number of rotatable bonds is 7. The summed E-state index contributed by atoms with van der Waals surface area (Å²) in [6.45, 7) is -0.230. The van der Waals surface area contributed by atoms with Crippen LogP contribution >= 0.6 is 0 Å². The molecular weight excluding hydrogens is 446 g/mol. The molecule has 0 unspecified atom stereocenters. The second-order valence-corrected chi connectivity index (χ2v) is 9.22. The second-order valence-electron chi connectivity index (χ2n) is 9.22. The minimum absolute atomic E-state index is 0.102. The molecule has 4 aliphatic rings. The van der Waals surface area contributed by atoms with Gasteiger partial charge < -0.3 is 15.4 Å². The molecule has 33 heavy (non-hydrogen) atoms. The average molecular weight is 467 g/mol. The lowest BCUT2D eigenvalue weighted by molar-refractivity contribution is -0.357. The van der Waals surface area contributed by atoms with Crippen molar-refractivity contribution in [2.45, 2.75) is 61.8 Å². The molecule has 11 heteroatoms. The van der Waals surface area contributed by atoms with Gasteiger partial charge in [-0.15, -0.1) is 13.2 Å². The highest BCUT2D eigenvalue weighted by Crippen LogP contribution is 2.60. The number of carbonyl (C=O) groups is 2. The molecule has 0 saturated heterocycles. The van der Waals surface area contributed by atoms with E-state index >= 15 is 0 Å². The summed E-state index contributed by atoms with van der Waals surface area (Å²) in [5.74, 6) is -1.04. The maximum atomic E-state index is 13.3. The lowest BCUT2D eigenvalue weighted by Gasteiger charge is -2.70. The number of halogens is 4. The number of alkyl halides is 3. The summed E-state index contributed by atoms with van der Waals surface area (Å²) in [7, 11) is 0. The van der Waals surface area contributed by atoms with E-state index in [-0.39, 0.29) is 53.9 Å². The van der Waals surface area contributed by atoms with E-state index in [4.69, 9.17) is 4.74 Å². The fourth-order valence-electron chi connectivity index (χ4n) is 5.04. The molecule has 176 valence electrons. The lowest BCUT2D eigenvalue weighted by Crippen LogP contribution is -2.84. The Labute approximate surface area is 185 Å². The molecule has 0 radical (unpaired) electrons. The zero-order chi connectivity index (χ0) is 23.4. The molecule has 0 aliphatic heterocycles. The van der Waals surface area contributed by atoms with Crippen LogP contribution in [0.2, 0.25) is 0 Å². The predicted molar refractivity (Wildman–Crippen MR) is 107 cm³/mol. The zero-order valence-electron chi connectivity index (χ0n) is 17.4. The smallest absolute Gasteiger partial charge is 0.368 e. The first-order valence-corrected chi connectivity index (χ1v) is 10.6. The summed E-state index contributed by atoms with van der Waals surface area (Å²) in [6, 6.07) is 7.34. The quantitative estimate of drug-likeness (QED) is 0.612. The van der Waals surface area contributed by atoms with Crippen molar-refractivity contribution in [3.8, 4) is 0 Å². The van der Waals surface area contributed by atoms with Crippen molar-refractivity contribution < 1.29 is 36.6 Å². The first-order valence-electron chi connectivity index (χ1n) is 10.6. The summed E-state index contributed by atoms with van der Waals surface area (Å²) in [6.07, 6.45) is -4.05. The van der Waals surface area contributed by atoms with Crippen LogP contribution in [0, 0.1) is 5.82 Å². The second kappa shape index (κ2) is 7.63. The number of hydrogen-bond acceptors (Lipinski definition) is 5. The zero-order valence-corrected chi connectivity index (χ0v) is 17.4. The van der Waals surface area contributed by atoms with E-state index in [9.17, 15) is 27.2 Å². The molecule has 0 atom stereocenters. The van der Waals surface area contributed by atoms with E-state index in [0.29, 0.717) is 30.2 Å². The number of fused-ring (bicyclic) bond motifs is 1. The number of pyridine rings is 1. The molecule has 1 aromatic heterocycles. The van der Waals surface area contributed by atoms with Gasteiger partial charge >= 0.3 is 6.36 Å². The van der Waals surface area contributed by atoms with Crippen LogP contribution in [0.1, 0.15) is 42.6 Å². The Hall–Kier alpha value is -2.79. The lowest BCUT2D eigenvalue weighted by atomic mass is 9.44. The number of carbonyl (C=O) groups excluding carboxylic acids is 2.